The van der Waals surface area contributed by atoms with E-state index in [1.54, 1.807) is 7.11 Å². The van der Waals surface area contributed by atoms with Crippen LogP contribution in [0.1, 0.15) is 17.2 Å². The van der Waals surface area contributed by atoms with Crippen molar-refractivity contribution >= 4 is 27.5 Å². The molecule has 4 rings (SSSR count). The maximum absolute atomic E-state index is 13.5. The molecule has 0 aromatic heterocycles. The van der Waals surface area contributed by atoms with E-state index >= 15 is 0 Å². The molecule has 0 bridgehead atoms. The van der Waals surface area contributed by atoms with E-state index in [-0.39, 0.29) is 29.9 Å². The van der Waals surface area contributed by atoms with Gasteiger partial charge in [0, 0.05) is 31.2 Å². The highest BCUT2D eigenvalue weighted by Crippen LogP contribution is 2.24. The smallest absolute Gasteiger partial charge is 0.243 e. The highest BCUT2D eigenvalue weighted by atomic mass is 35.5. The fraction of sp³-hybridized carbons (Fsp3) is 0.321. The van der Waals surface area contributed by atoms with Crippen LogP contribution < -0.4 is 10.1 Å². The largest absolute Gasteiger partial charge is 0.497 e. The van der Waals surface area contributed by atoms with E-state index in [1.807, 2.05) is 54.6 Å². The zero-order chi connectivity index (χ0) is 27.0. The number of hydrogen-bond donors (Lipinski definition) is 1. The van der Waals surface area contributed by atoms with E-state index in [9.17, 15) is 13.2 Å². The molecule has 10 heteroatoms. The molecule has 0 radical (unpaired) electrons. The first-order chi connectivity index (χ1) is 18.4. The molecule has 38 heavy (non-hydrogen) atoms. The second-order valence-electron chi connectivity index (χ2n) is 8.95. The van der Waals surface area contributed by atoms with E-state index in [0.29, 0.717) is 24.8 Å². The van der Waals surface area contributed by atoms with Gasteiger partial charge in [0.25, 0.3) is 0 Å². The van der Waals surface area contributed by atoms with Crippen molar-refractivity contribution in [3.05, 3.63) is 95.0 Å². The quantitative estimate of drug-likeness (QED) is 0.386. The minimum absolute atomic E-state index is 0.0601. The summed E-state index contributed by atoms with van der Waals surface area (Å²) in [7, 11) is -2.34. The standard InChI is InChI=1S/C28H32ClN3O5S/c1-36-25-11-7-23(8-12-25)27(31-15-17-37-18-16-31)19-30-28(33)21-32(20-22-5-3-2-4-6-22)38(34,35)26-13-9-24(29)10-14-26/h2-14,27H,15-21H2,1H3,(H,30,33)/t27-/m0/s1. The molecule has 3 aromatic carbocycles. The highest BCUT2D eigenvalue weighted by molar-refractivity contribution is 7.89. The molecule has 1 aliphatic rings. The van der Waals surface area contributed by atoms with Crippen LogP contribution in [-0.4, -0.2) is 70.0 Å². The van der Waals surface area contributed by atoms with Crippen molar-refractivity contribution in [1.82, 2.24) is 14.5 Å². The number of methoxy groups -OCH3 is 1. The van der Waals surface area contributed by atoms with Crippen LogP contribution in [0.3, 0.4) is 0 Å². The lowest BCUT2D eigenvalue weighted by Crippen LogP contribution is -2.46. The molecule has 1 atom stereocenters. The van der Waals surface area contributed by atoms with Crippen molar-refractivity contribution in [2.75, 3.05) is 46.5 Å². The zero-order valence-corrected chi connectivity index (χ0v) is 22.8. The van der Waals surface area contributed by atoms with Crippen molar-refractivity contribution in [3.8, 4) is 5.75 Å². The summed E-state index contributed by atoms with van der Waals surface area (Å²) in [6.07, 6.45) is 0. The van der Waals surface area contributed by atoms with Gasteiger partial charge in [-0.05, 0) is 47.5 Å². The van der Waals surface area contributed by atoms with Gasteiger partial charge >= 0.3 is 0 Å². The number of benzene rings is 3. The SMILES string of the molecule is COc1ccc([C@H](CNC(=O)CN(Cc2ccccc2)S(=O)(=O)c2ccc(Cl)cc2)N2CCOCC2)cc1. The number of hydrogen-bond acceptors (Lipinski definition) is 6. The predicted molar refractivity (Wildman–Crippen MR) is 147 cm³/mol. The first-order valence-corrected chi connectivity index (χ1v) is 14.2. The summed E-state index contributed by atoms with van der Waals surface area (Å²) in [6.45, 7) is 2.76. The van der Waals surface area contributed by atoms with Gasteiger partial charge in [-0.2, -0.15) is 4.31 Å². The van der Waals surface area contributed by atoms with Gasteiger partial charge in [0.15, 0.2) is 0 Å². The van der Waals surface area contributed by atoms with Crippen LogP contribution >= 0.6 is 11.6 Å². The monoisotopic (exact) mass is 557 g/mol. The molecular weight excluding hydrogens is 526 g/mol. The van der Waals surface area contributed by atoms with E-state index < -0.39 is 10.0 Å². The van der Waals surface area contributed by atoms with Crippen molar-refractivity contribution < 1.29 is 22.7 Å². The van der Waals surface area contributed by atoms with Crippen LogP contribution in [-0.2, 0) is 26.1 Å². The summed E-state index contributed by atoms with van der Waals surface area (Å²) in [6, 6.07) is 22.8. The Morgan fingerprint density at radius 2 is 1.68 bits per heavy atom. The van der Waals surface area contributed by atoms with Gasteiger partial charge in [-0.1, -0.05) is 54.1 Å². The van der Waals surface area contributed by atoms with Gasteiger partial charge in [-0.25, -0.2) is 8.42 Å². The maximum atomic E-state index is 13.5. The predicted octanol–water partition coefficient (Wildman–Crippen LogP) is 3.73. The molecule has 0 unspecified atom stereocenters. The number of nitrogens with one attached hydrogen (secondary N) is 1. The van der Waals surface area contributed by atoms with E-state index in [0.717, 1.165) is 30.0 Å². The molecule has 8 nitrogen and oxygen atoms in total. The molecule has 202 valence electrons. The van der Waals surface area contributed by atoms with E-state index in [4.69, 9.17) is 21.1 Å². The highest BCUT2D eigenvalue weighted by Gasteiger charge is 2.28. The summed E-state index contributed by atoms with van der Waals surface area (Å²) in [5.41, 5.74) is 1.81. The average molecular weight is 558 g/mol. The molecule has 0 spiro atoms. The Labute approximate surface area is 229 Å². The van der Waals surface area contributed by atoms with Crippen LogP contribution in [0.4, 0.5) is 0 Å². The second kappa shape index (κ2) is 13.2. The van der Waals surface area contributed by atoms with Crippen LogP contribution in [0, 0.1) is 0 Å². The second-order valence-corrected chi connectivity index (χ2v) is 11.3. The third kappa shape index (κ3) is 7.33. The topological polar surface area (TPSA) is 88.2 Å². The Bertz CT molecular complexity index is 1280. The van der Waals surface area contributed by atoms with Crippen molar-refractivity contribution in [2.24, 2.45) is 0 Å². The Balaban J connectivity index is 1.51. The fourth-order valence-electron chi connectivity index (χ4n) is 4.37. The molecule has 1 amide bonds. The third-order valence-corrected chi connectivity index (χ3v) is 8.51. The number of sulfonamides is 1. The van der Waals surface area contributed by atoms with Gasteiger partial charge in [0.2, 0.25) is 15.9 Å². The molecule has 1 N–H and O–H groups in total. The number of amides is 1. The number of morpholine rings is 1. The molecular formula is C28H32ClN3O5S. The summed E-state index contributed by atoms with van der Waals surface area (Å²) in [4.78, 5) is 15.5. The maximum Gasteiger partial charge on any atom is 0.243 e. The lowest BCUT2D eigenvalue weighted by molar-refractivity contribution is -0.121. The van der Waals surface area contributed by atoms with Gasteiger partial charge in [0.05, 0.1) is 37.8 Å². The molecule has 0 saturated carbocycles. The molecule has 1 aliphatic heterocycles. The summed E-state index contributed by atoms with van der Waals surface area (Å²) >= 11 is 5.97. The molecule has 3 aromatic rings. The number of carbonyl (C=O) groups is 1. The number of carbonyl (C=O) groups excluding carboxylic acids is 1. The number of ether oxygens (including phenoxy) is 2. The first-order valence-electron chi connectivity index (χ1n) is 12.4. The minimum Gasteiger partial charge on any atom is -0.497 e. The van der Waals surface area contributed by atoms with Gasteiger partial charge in [-0.3, -0.25) is 9.69 Å². The van der Waals surface area contributed by atoms with Gasteiger partial charge < -0.3 is 14.8 Å². The summed E-state index contributed by atoms with van der Waals surface area (Å²) < 4.78 is 39.0. The molecule has 1 heterocycles. The minimum atomic E-state index is -3.96. The van der Waals surface area contributed by atoms with Crippen LogP contribution in [0.2, 0.25) is 5.02 Å². The van der Waals surface area contributed by atoms with Crippen molar-refractivity contribution in [1.29, 1.82) is 0 Å². The number of halogens is 1. The fourth-order valence-corrected chi connectivity index (χ4v) is 5.88. The normalized spacial score (nSPS) is 15.2. The lowest BCUT2D eigenvalue weighted by Gasteiger charge is -2.35. The Morgan fingerprint density at radius 3 is 2.32 bits per heavy atom. The Hall–Kier alpha value is -2.95. The third-order valence-electron chi connectivity index (χ3n) is 6.45. The Kier molecular flexibility index (Phi) is 9.76. The number of rotatable bonds is 11. The molecule has 1 saturated heterocycles. The van der Waals surface area contributed by atoms with Gasteiger partial charge in [0.1, 0.15) is 5.75 Å². The molecule has 1 fully saturated rings. The van der Waals surface area contributed by atoms with Crippen LogP contribution in [0.15, 0.2) is 83.8 Å². The van der Waals surface area contributed by atoms with Gasteiger partial charge in [-0.15, -0.1) is 0 Å². The van der Waals surface area contributed by atoms with E-state index in [1.165, 1.54) is 28.6 Å². The van der Waals surface area contributed by atoms with Crippen molar-refractivity contribution in [3.63, 3.8) is 0 Å². The van der Waals surface area contributed by atoms with E-state index in [2.05, 4.69) is 10.2 Å². The van der Waals surface area contributed by atoms with Crippen molar-refractivity contribution in [2.45, 2.75) is 17.5 Å². The molecule has 0 aliphatic carbocycles. The zero-order valence-electron chi connectivity index (χ0n) is 21.3. The average Bonchev–Trinajstić information content (AvgIpc) is 2.94. The van der Waals surface area contributed by atoms with Crippen LogP contribution in [0.25, 0.3) is 0 Å². The Morgan fingerprint density at radius 1 is 1.03 bits per heavy atom. The van der Waals surface area contributed by atoms with Crippen LogP contribution in [0.5, 0.6) is 5.75 Å². The first kappa shape index (κ1) is 28.1. The summed E-state index contributed by atoms with van der Waals surface area (Å²) in [5, 5.41) is 3.41. The number of nitrogens with zero attached hydrogens (tertiary/aromatic N) is 2. The summed E-state index contributed by atoms with van der Waals surface area (Å²) in [5.74, 6) is 0.368. The lowest BCUT2D eigenvalue weighted by atomic mass is 10.0.